The molecule has 0 saturated carbocycles. The molecule has 4 aliphatic heterocycles. The second-order valence-corrected chi connectivity index (χ2v) is 9.61. The Kier molecular flexibility index (Phi) is 5.77. The molecule has 36 heavy (non-hydrogen) atoms. The van der Waals surface area contributed by atoms with Crippen molar-refractivity contribution in [1.82, 2.24) is 25.0 Å². The second kappa shape index (κ2) is 8.81. The van der Waals surface area contributed by atoms with Gasteiger partial charge < -0.3 is 21.0 Å². The summed E-state index contributed by atoms with van der Waals surface area (Å²) in [6, 6.07) is -1.02. The summed E-state index contributed by atoms with van der Waals surface area (Å²) in [6.45, 7) is 0.00212. The first-order valence-electron chi connectivity index (χ1n) is 10.2. The second-order valence-electron chi connectivity index (χ2n) is 7.72. The van der Waals surface area contributed by atoms with E-state index in [-0.39, 0.29) is 39.3 Å². The van der Waals surface area contributed by atoms with E-state index in [1.54, 1.807) is 0 Å². The van der Waals surface area contributed by atoms with Crippen LogP contribution in [-0.4, -0.2) is 96.4 Å². The maximum absolute atomic E-state index is 13.0. The summed E-state index contributed by atoms with van der Waals surface area (Å²) in [5.74, 6) is -2.56. The van der Waals surface area contributed by atoms with Gasteiger partial charge in [-0.25, -0.2) is 4.79 Å². The zero-order chi connectivity index (χ0) is 25.6. The Morgan fingerprint density at radius 3 is 2.92 bits per heavy atom. The minimum Gasteiger partial charge on any atom is -0.477 e. The molecule has 18 heteroatoms. The number of nitrogen functional groups attached to an aromatic ring is 1. The molecular formula is C18H17N10O6S2+. The fourth-order valence-electron chi connectivity index (χ4n) is 4.03. The van der Waals surface area contributed by atoms with Gasteiger partial charge in [0.2, 0.25) is 17.9 Å². The zero-order valence-corrected chi connectivity index (χ0v) is 19.9. The van der Waals surface area contributed by atoms with Crippen LogP contribution < -0.4 is 16.5 Å². The van der Waals surface area contributed by atoms with E-state index < -0.39 is 35.1 Å². The number of rotatable bonds is 7. The van der Waals surface area contributed by atoms with E-state index in [2.05, 4.69) is 35.5 Å². The van der Waals surface area contributed by atoms with Crippen LogP contribution in [0.4, 0.5) is 5.13 Å². The minimum atomic E-state index is -1.32. The molecule has 3 atom stereocenters. The number of oxime groups is 1. The molecule has 0 bridgehead atoms. The van der Waals surface area contributed by atoms with E-state index in [4.69, 9.17) is 10.6 Å². The smallest absolute Gasteiger partial charge is 0.352 e. The van der Waals surface area contributed by atoms with Crippen molar-refractivity contribution in [1.29, 1.82) is 0 Å². The van der Waals surface area contributed by atoms with Gasteiger partial charge in [-0.05, 0) is 0 Å². The number of quaternary nitrogens is 1. The van der Waals surface area contributed by atoms with E-state index >= 15 is 0 Å². The van der Waals surface area contributed by atoms with Gasteiger partial charge in [0, 0.05) is 35.0 Å². The van der Waals surface area contributed by atoms with Gasteiger partial charge in [-0.1, -0.05) is 15.4 Å². The first kappa shape index (κ1) is 23.6. The van der Waals surface area contributed by atoms with Crippen LogP contribution in [-0.2, 0) is 24.0 Å². The number of anilines is 1. The number of carboxylic acids is 1. The summed E-state index contributed by atoms with van der Waals surface area (Å²) >= 11 is 2.12. The van der Waals surface area contributed by atoms with Crippen LogP contribution in [0.15, 0.2) is 38.8 Å². The molecule has 1 aromatic heterocycles. The van der Waals surface area contributed by atoms with E-state index in [1.165, 1.54) is 37.4 Å². The fourth-order valence-corrected chi connectivity index (χ4v) is 5.80. The monoisotopic (exact) mass is 533 g/mol. The molecular weight excluding hydrogens is 516 g/mol. The SMILES string of the molecule is CO/N=C(\C(=O)N[C@@H]1C(=O)N2C(C(=O)O)=C(C[N+]34C=NN=C3C=CC(=O)N4)CSC12)c1nsc(N)n1. The lowest BCUT2D eigenvalue weighted by Gasteiger charge is -2.49. The number of amides is 3. The first-order chi connectivity index (χ1) is 17.2. The molecule has 16 nitrogen and oxygen atoms in total. The molecule has 5 rings (SSSR count). The molecule has 0 radical (unpaired) electrons. The highest BCUT2D eigenvalue weighted by molar-refractivity contribution is 8.00. The number of hydrogen-bond acceptors (Lipinski definition) is 13. The summed E-state index contributed by atoms with van der Waals surface area (Å²) in [5.41, 5.74) is 8.19. The number of carbonyl (C=O) groups excluding carboxylic acids is 3. The Balaban J connectivity index is 1.37. The highest BCUT2D eigenvalue weighted by Crippen LogP contribution is 2.41. The Hall–Kier alpha value is -4.16. The lowest BCUT2D eigenvalue weighted by molar-refractivity contribution is -0.772. The molecule has 2 unspecified atom stereocenters. The maximum atomic E-state index is 13.0. The van der Waals surface area contributed by atoms with Crippen LogP contribution in [0.2, 0.25) is 0 Å². The Morgan fingerprint density at radius 1 is 1.42 bits per heavy atom. The number of carbonyl (C=O) groups is 4. The average Bonchev–Trinajstić information content (AvgIpc) is 3.45. The maximum Gasteiger partial charge on any atom is 0.352 e. The largest absolute Gasteiger partial charge is 0.477 e. The van der Waals surface area contributed by atoms with Crippen molar-refractivity contribution < 1.29 is 33.7 Å². The first-order valence-corrected chi connectivity index (χ1v) is 12.0. The highest BCUT2D eigenvalue weighted by Gasteiger charge is 2.56. The summed E-state index contributed by atoms with van der Waals surface area (Å²) in [6.07, 6.45) is 4.18. The molecule has 0 aliphatic carbocycles. The molecule has 0 spiro atoms. The molecule has 1 fully saturated rings. The number of fused-ring (bicyclic) bond motifs is 2. The summed E-state index contributed by atoms with van der Waals surface area (Å²) in [4.78, 5) is 59.8. The van der Waals surface area contributed by atoms with Gasteiger partial charge in [0.15, 0.2) is 5.13 Å². The third kappa shape index (κ3) is 3.80. The van der Waals surface area contributed by atoms with Crippen molar-refractivity contribution in [2.24, 2.45) is 15.4 Å². The molecule has 4 aliphatic rings. The number of nitrogens with one attached hydrogen (secondary N) is 2. The van der Waals surface area contributed by atoms with Crippen molar-refractivity contribution in [3.05, 3.63) is 29.2 Å². The van der Waals surface area contributed by atoms with Gasteiger partial charge in [0.05, 0.1) is 0 Å². The quantitative estimate of drug-likeness (QED) is 0.131. The van der Waals surface area contributed by atoms with E-state index in [0.717, 1.165) is 16.4 Å². The Bertz CT molecular complexity index is 1350. The summed E-state index contributed by atoms with van der Waals surface area (Å²) in [7, 11) is 1.23. The van der Waals surface area contributed by atoms with Gasteiger partial charge >= 0.3 is 5.97 Å². The van der Waals surface area contributed by atoms with Crippen molar-refractivity contribution in [3.63, 3.8) is 0 Å². The van der Waals surface area contributed by atoms with Gasteiger partial charge in [0.25, 0.3) is 23.6 Å². The predicted molar refractivity (Wildman–Crippen MR) is 126 cm³/mol. The number of hydrogen-bond donors (Lipinski definition) is 4. The summed E-state index contributed by atoms with van der Waals surface area (Å²) < 4.78 is 3.63. The molecule has 5 heterocycles. The normalized spacial score (nSPS) is 26.6. The van der Waals surface area contributed by atoms with Crippen molar-refractivity contribution >= 4 is 70.0 Å². The minimum absolute atomic E-state index is 0.00212. The van der Waals surface area contributed by atoms with Gasteiger partial charge in [-0.3, -0.25) is 19.3 Å². The molecule has 186 valence electrons. The number of aromatic nitrogens is 2. The van der Waals surface area contributed by atoms with E-state index in [0.29, 0.717) is 11.4 Å². The Labute approximate surface area is 210 Å². The third-order valence-corrected chi connectivity index (χ3v) is 7.42. The number of nitrogens with zero attached hydrogens (tertiary/aromatic N) is 7. The van der Waals surface area contributed by atoms with Crippen LogP contribution in [0.5, 0.6) is 0 Å². The molecule has 5 N–H and O–H groups in total. The van der Waals surface area contributed by atoms with Crippen LogP contribution in [0.1, 0.15) is 5.82 Å². The topological polar surface area (TPSA) is 214 Å². The van der Waals surface area contributed by atoms with Gasteiger partial charge in [-0.2, -0.15) is 14.8 Å². The number of β-lactam (4-membered cyclic amide) rings is 1. The van der Waals surface area contributed by atoms with Crippen LogP contribution >= 0.6 is 23.3 Å². The highest BCUT2D eigenvalue weighted by atomic mass is 32.2. The van der Waals surface area contributed by atoms with Crippen molar-refractivity contribution in [2.45, 2.75) is 11.4 Å². The van der Waals surface area contributed by atoms with Gasteiger partial charge in [0.1, 0.15) is 30.8 Å². The Morgan fingerprint density at radius 2 is 2.22 bits per heavy atom. The molecule has 1 saturated heterocycles. The van der Waals surface area contributed by atoms with Crippen molar-refractivity contribution in [3.8, 4) is 0 Å². The number of nitrogens with two attached hydrogens (primary N) is 1. The summed E-state index contributed by atoms with van der Waals surface area (Å²) in [5, 5.41) is 23.4. The zero-order valence-electron chi connectivity index (χ0n) is 18.3. The lowest BCUT2D eigenvalue weighted by Crippen LogP contribution is -2.71. The number of amidine groups is 1. The lowest BCUT2D eigenvalue weighted by atomic mass is 10.0. The van der Waals surface area contributed by atoms with Crippen LogP contribution in [0.25, 0.3) is 0 Å². The number of carboxylic acid groups (broad SMARTS) is 1. The van der Waals surface area contributed by atoms with Crippen molar-refractivity contribution in [2.75, 3.05) is 25.1 Å². The van der Waals surface area contributed by atoms with E-state index in [1.807, 2.05) is 0 Å². The van der Waals surface area contributed by atoms with E-state index in [9.17, 15) is 24.3 Å². The predicted octanol–water partition coefficient (Wildman–Crippen LogP) is -2.02. The fraction of sp³-hybridized carbons (Fsp3) is 0.278. The van der Waals surface area contributed by atoms with Crippen LogP contribution in [0, 0.1) is 0 Å². The average molecular weight is 534 g/mol. The van der Waals surface area contributed by atoms with Gasteiger partial charge in [-0.15, -0.1) is 16.4 Å². The molecule has 1 aromatic rings. The molecule has 0 aromatic carbocycles. The molecule has 3 amide bonds. The third-order valence-electron chi connectivity index (χ3n) is 5.54. The number of aliphatic carboxylic acids is 1. The van der Waals surface area contributed by atoms with Crippen LogP contribution in [0.3, 0.4) is 0 Å². The number of thioether (sulfide) groups is 1. The standard InChI is InChI=1S/C18H16N10O6S2/c1-34-25-10(13-22-18(19)36-26-13)14(30)21-11-15(31)27-12(17(32)33)7(5-35-16(11)27)4-28-6-20-23-8(28)2-3-9(29)24-28/h2-3,6,11,16H,4-5H2,1H3,(H4-,19,21,22,24,26,29,30,32,33)/p+1/b25-10-/t11-,16?,28?/m1/s1.